The first-order valence-electron chi connectivity index (χ1n) is 5.74. The Balaban J connectivity index is 2.37. The second-order valence-corrected chi connectivity index (χ2v) is 4.48. The van der Waals surface area contributed by atoms with Crippen LogP contribution >= 0.6 is 11.6 Å². The monoisotopic (exact) mass is 254 g/mol. The molecule has 3 heteroatoms. The third kappa shape index (κ3) is 1.85. The Bertz CT molecular complexity index is 708. The molecule has 2 aromatic carbocycles. The topological polar surface area (TPSA) is 25.8 Å². The quantitative estimate of drug-likeness (QED) is 0.607. The van der Waals surface area contributed by atoms with E-state index in [-0.39, 0.29) is 0 Å². The van der Waals surface area contributed by atoms with E-state index < -0.39 is 0 Å². The van der Waals surface area contributed by atoms with Crippen LogP contribution in [0.3, 0.4) is 0 Å². The molecule has 3 aromatic rings. The van der Waals surface area contributed by atoms with Crippen molar-refractivity contribution in [3.63, 3.8) is 0 Å². The maximum Gasteiger partial charge on any atom is 0.223 e. The molecule has 3 rings (SSSR count). The molecule has 0 atom stereocenters. The van der Waals surface area contributed by atoms with Crippen molar-refractivity contribution in [1.29, 1.82) is 0 Å². The summed E-state index contributed by atoms with van der Waals surface area (Å²) in [5.74, 6) is 0. The Labute approximate surface area is 110 Å². The number of nitrogens with zero attached hydrogens (tertiary/aromatic N) is 2. The molecule has 0 saturated carbocycles. The number of rotatable bonds is 1. The maximum atomic E-state index is 5.96. The fourth-order valence-corrected chi connectivity index (χ4v) is 2.33. The molecule has 88 valence electrons. The van der Waals surface area contributed by atoms with Crippen molar-refractivity contribution in [2.45, 2.75) is 6.92 Å². The number of aromatic nitrogens is 2. The first-order valence-corrected chi connectivity index (χ1v) is 6.12. The molecular weight excluding hydrogens is 244 g/mol. The molecule has 2 nitrogen and oxygen atoms in total. The predicted molar refractivity (Wildman–Crippen MR) is 74.7 cm³/mol. The molecule has 0 spiro atoms. The third-order valence-corrected chi connectivity index (χ3v) is 3.14. The zero-order valence-corrected chi connectivity index (χ0v) is 10.6. The van der Waals surface area contributed by atoms with Gasteiger partial charge in [-0.3, -0.25) is 0 Å². The lowest BCUT2D eigenvalue weighted by atomic mass is 10.0. The van der Waals surface area contributed by atoms with Crippen LogP contribution in [0, 0.1) is 6.92 Å². The summed E-state index contributed by atoms with van der Waals surface area (Å²) in [4.78, 5) is 8.56. The number of para-hydroxylation sites is 1. The summed E-state index contributed by atoms with van der Waals surface area (Å²) < 4.78 is 0. The smallest absolute Gasteiger partial charge is 0.223 e. The highest BCUT2D eigenvalue weighted by Gasteiger charge is 2.08. The molecule has 1 aromatic heterocycles. The minimum absolute atomic E-state index is 0.295. The molecule has 0 aliphatic rings. The lowest BCUT2D eigenvalue weighted by Gasteiger charge is -2.07. The molecule has 18 heavy (non-hydrogen) atoms. The average Bonchev–Trinajstić information content (AvgIpc) is 2.39. The van der Waals surface area contributed by atoms with E-state index in [4.69, 9.17) is 11.6 Å². The lowest BCUT2D eigenvalue weighted by Crippen LogP contribution is -1.92. The molecule has 0 saturated heterocycles. The van der Waals surface area contributed by atoms with Gasteiger partial charge >= 0.3 is 0 Å². The van der Waals surface area contributed by atoms with Gasteiger partial charge in [0.1, 0.15) is 0 Å². The number of aryl methyl sites for hydroxylation is 1. The molecular formula is C15H11ClN2. The van der Waals surface area contributed by atoms with Crippen LogP contribution in [0.2, 0.25) is 5.28 Å². The lowest BCUT2D eigenvalue weighted by molar-refractivity contribution is 1.15. The van der Waals surface area contributed by atoms with Crippen LogP contribution in [-0.2, 0) is 0 Å². The second-order valence-electron chi connectivity index (χ2n) is 4.15. The van der Waals surface area contributed by atoms with Crippen molar-refractivity contribution in [2.24, 2.45) is 0 Å². The molecule has 0 radical (unpaired) electrons. The minimum Gasteiger partial charge on any atom is -0.223 e. The number of benzene rings is 2. The van der Waals surface area contributed by atoms with Gasteiger partial charge in [-0.05, 0) is 24.1 Å². The highest BCUT2D eigenvalue weighted by Crippen LogP contribution is 2.28. The summed E-state index contributed by atoms with van der Waals surface area (Å²) in [5, 5.41) is 1.34. The average molecular weight is 255 g/mol. The van der Waals surface area contributed by atoms with E-state index in [9.17, 15) is 0 Å². The highest BCUT2D eigenvalue weighted by atomic mass is 35.5. The van der Waals surface area contributed by atoms with Gasteiger partial charge in [0.15, 0.2) is 0 Å². The summed E-state index contributed by atoms with van der Waals surface area (Å²) in [5.41, 5.74) is 4.03. The van der Waals surface area contributed by atoms with Crippen LogP contribution in [0.5, 0.6) is 0 Å². The zero-order chi connectivity index (χ0) is 12.5. The van der Waals surface area contributed by atoms with Gasteiger partial charge in [-0.2, -0.15) is 0 Å². The summed E-state index contributed by atoms with van der Waals surface area (Å²) in [6.07, 6.45) is 0. The van der Waals surface area contributed by atoms with E-state index in [0.29, 0.717) is 5.28 Å². The van der Waals surface area contributed by atoms with Crippen molar-refractivity contribution < 1.29 is 0 Å². The third-order valence-electron chi connectivity index (χ3n) is 2.97. The van der Waals surface area contributed by atoms with Crippen molar-refractivity contribution in [3.05, 3.63) is 59.5 Å². The summed E-state index contributed by atoms with van der Waals surface area (Å²) in [6, 6.07) is 16.3. The number of halogens is 1. The number of hydrogen-bond acceptors (Lipinski definition) is 2. The van der Waals surface area contributed by atoms with Gasteiger partial charge in [0.05, 0.1) is 11.2 Å². The van der Waals surface area contributed by atoms with Crippen molar-refractivity contribution >= 4 is 22.5 Å². The van der Waals surface area contributed by atoms with Gasteiger partial charge in [-0.1, -0.05) is 48.5 Å². The van der Waals surface area contributed by atoms with Crippen molar-refractivity contribution in [3.8, 4) is 11.1 Å². The summed E-state index contributed by atoms with van der Waals surface area (Å²) in [7, 11) is 0. The van der Waals surface area contributed by atoms with Crippen molar-refractivity contribution in [1.82, 2.24) is 9.97 Å². The van der Waals surface area contributed by atoms with Gasteiger partial charge in [0.25, 0.3) is 0 Å². The molecule has 0 bridgehead atoms. The van der Waals surface area contributed by atoms with Crippen molar-refractivity contribution in [2.75, 3.05) is 0 Å². The van der Waals surface area contributed by atoms with Gasteiger partial charge < -0.3 is 0 Å². The second kappa shape index (κ2) is 4.39. The summed E-state index contributed by atoms with van der Waals surface area (Å²) in [6.45, 7) is 1.95. The largest absolute Gasteiger partial charge is 0.223 e. The molecule has 0 aliphatic carbocycles. The Morgan fingerprint density at radius 1 is 0.889 bits per heavy atom. The van der Waals surface area contributed by atoms with E-state index >= 15 is 0 Å². The molecule has 0 unspecified atom stereocenters. The van der Waals surface area contributed by atoms with Crippen LogP contribution in [-0.4, -0.2) is 9.97 Å². The molecule has 0 N–H and O–H groups in total. The first-order chi connectivity index (χ1) is 8.75. The minimum atomic E-state index is 0.295. The molecule has 0 amide bonds. The normalized spacial score (nSPS) is 10.8. The maximum absolute atomic E-state index is 5.96. The molecule has 0 aliphatic heterocycles. The van der Waals surface area contributed by atoms with E-state index in [2.05, 4.69) is 28.2 Å². The van der Waals surface area contributed by atoms with E-state index in [0.717, 1.165) is 27.7 Å². The van der Waals surface area contributed by atoms with Gasteiger partial charge in [0.2, 0.25) is 5.28 Å². The molecule has 1 heterocycles. The summed E-state index contributed by atoms with van der Waals surface area (Å²) >= 11 is 5.96. The zero-order valence-electron chi connectivity index (χ0n) is 9.89. The first kappa shape index (κ1) is 11.2. The van der Waals surface area contributed by atoms with Gasteiger partial charge in [-0.15, -0.1) is 0 Å². The Morgan fingerprint density at radius 2 is 1.67 bits per heavy atom. The fourth-order valence-electron chi connectivity index (χ4n) is 2.12. The van der Waals surface area contributed by atoms with Crippen LogP contribution < -0.4 is 0 Å². The van der Waals surface area contributed by atoms with Crippen LogP contribution in [0.4, 0.5) is 0 Å². The highest BCUT2D eigenvalue weighted by molar-refractivity contribution is 6.28. The Hall–Kier alpha value is -1.93. The van der Waals surface area contributed by atoms with E-state index in [1.54, 1.807) is 0 Å². The Kier molecular flexibility index (Phi) is 2.73. The van der Waals surface area contributed by atoms with Gasteiger partial charge in [-0.25, -0.2) is 9.97 Å². The number of hydrogen-bond donors (Lipinski definition) is 0. The van der Waals surface area contributed by atoms with E-state index in [1.165, 1.54) is 0 Å². The van der Waals surface area contributed by atoms with Gasteiger partial charge in [0, 0.05) is 10.9 Å². The van der Waals surface area contributed by atoms with Crippen LogP contribution in [0.1, 0.15) is 5.69 Å². The SMILES string of the molecule is Cc1nc(Cl)nc2c(-c3ccccc3)cccc12. The van der Waals surface area contributed by atoms with E-state index in [1.807, 2.05) is 37.3 Å². The standard InChI is InChI=1S/C15H11ClN2/c1-10-12-8-5-9-13(11-6-3-2-4-7-11)14(12)18-15(16)17-10/h2-9H,1H3. The van der Waals surface area contributed by atoms with Crippen LogP contribution in [0.15, 0.2) is 48.5 Å². The van der Waals surface area contributed by atoms with Crippen LogP contribution in [0.25, 0.3) is 22.0 Å². The number of fused-ring (bicyclic) bond motifs is 1. The Morgan fingerprint density at radius 3 is 2.44 bits per heavy atom. The predicted octanol–water partition coefficient (Wildman–Crippen LogP) is 4.26. The molecule has 0 fully saturated rings. The fraction of sp³-hybridized carbons (Fsp3) is 0.0667.